The highest BCUT2D eigenvalue weighted by Gasteiger charge is 2.22. The molecular weight excluding hydrogens is 276 g/mol. The highest BCUT2D eigenvalue weighted by Crippen LogP contribution is 2.28. The second-order valence-corrected chi connectivity index (χ2v) is 5.68. The number of nitrogen functional groups attached to an aromatic ring is 1. The summed E-state index contributed by atoms with van der Waals surface area (Å²) >= 11 is 0. The molecule has 1 amide bonds. The third kappa shape index (κ3) is 3.79. The molecule has 1 aliphatic rings. The summed E-state index contributed by atoms with van der Waals surface area (Å²) in [7, 11) is 0. The predicted molar refractivity (Wildman–Crippen MR) is 86.7 cm³/mol. The normalized spacial score (nSPS) is 13.6. The van der Waals surface area contributed by atoms with Crippen molar-refractivity contribution in [1.29, 1.82) is 0 Å². The topological polar surface area (TPSA) is 64.4 Å². The highest BCUT2D eigenvalue weighted by atomic mass is 16.5. The first-order valence-electron chi connectivity index (χ1n) is 7.57. The fraction of sp³-hybridized carbons (Fsp3) is 0.278. The van der Waals surface area contributed by atoms with Crippen molar-refractivity contribution < 1.29 is 9.53 Å². The maximum absolute atomic E-state index is 12.3. The second kappa shape index (κ2) is 6.52. The molecule has 0 atom stereocenters. The molecule has 0 aromatic heterocycles. The Hall–Kier alpha value is -2.49. The van der Waals surface area contributed by atoms with E-state index < -0.39 is 0 Å². The Morgan fingerprint density at radius 3 is 2.68 bits per heavy atom. The number of nitrogens with one attached hydrogen (secondary N) is 1. The standard InChI is InChI=1S/C18H20N2O2/c19-15-8-9-16(18(21)20-11-13-6-7-13)17(10-15)22-12-14-4-2-1-3-5-14/h1-5,8-10,13H,6-7,11-12,19H2,(H,20,21). The van der Waals surface area contributed by atoms with E-state index >= 15 is 0 Å². The minimum atomic E-state index is -0.102. The molecule has 2 aromatic carbocycles. The van der Waals surface area contributed by atoms with Gasteiger partial charge in [-0.1, -0.05) is 30.3 Å². The van der Waals surface area contributed by atoms with Gasteiger partial charge in [-0.15, -0.1) is 0 Å². The fourth-order valence-corrected chi connectivity index (χ4v) is 2.24. The number of nitrogens with two attached hydrogens (primary N) is 1. The fourth-order valence-electron chi connectivity index (χ4n) is 2.24. The molecule has 4 heteroatoms. The van der Waals surface area contributed by atoms with Crippen molar-refractivity contribution in [1.82, 2.24) is 5.32 Å². The molecule has 1 aliphatic carbocycles. The number of hydrogen-bond donors (Lipinski definition) is 2. The summed E-state index contributed by atoms with van der Waals surface area (Å²) in [6.07, 6.45) is 2.42. The number of carbonyl (C=O) groups is 1. The van der Waals surface area contributed by atoms with Crippen molar-refractivity contribution in [2.75, 3.05) is 12.3 Å². The third-order valence-electron chi connectivity index (χ3n) is 3.74. The molecule has 2 aromatic rings. The van der Waals surface area contributed by atoms with Gasteiger partial charge in [-0.2, -0.15) is 0 Å². The quantitative estimate of drug-likeness (QED) is 0.805. The Balaban J connectivity index is 1.70. The molecule has 4 nitrogen and oxygen atoms in total. The first kappa shape index (κ1) is 14.4. The summed E-state index contributed by atoms with van der Waals surface area (Å²) < 4.78 is 5.81. The van der Waals surface area contributed by atoms with Crippen LogP contribution in [0, 0.1) is 5.92 Å². The van der Waals surface area contributed by atoms with Gasteiger partial charge in [0.05, 0.1) is 5.56 Å². The molecule has 1 saturated carbocycles. The number of ether oxygens (including phenoxy) is 1. The zero-order valence-electron chi connectivity index (χ0n) is 12.4. The van der Waals surface area contributed by atoms with E-state index in [0.717, 1.165) is 12.1 Å². The second-order valence-electron chi connectivity index (χ2n) is 5.68. The molecular formula is C18H20N2O2. The Bertz CT molecular complexity index is 651. The van der Waals surface area contributed by atoms with E-state index in [4.69, 9.17) is 10.5 Å². The molecule has 0 spiro atoms. The van der Waals surface area contributed by atoms with Gasteiger partial charge in [0.25, 0.3) is 5.91 Å². The first-order valence-corrected chi connectivity index (χ1v) is 7.57. The number of benzene rings is 2. The summed E-state index contributed by atoms with van der Waals surface area (Å²) in [6.45, 7) is 1.15. The van der Waals surface area contributed by atoms with E-state index in [2.05, 4.69) is 5.32 Å². The van der Waals surface area contributed by atoms with Gasteiger partial charge in [0.2, 0.25) is 0 Å². The zero-order chi connectivity index (χ0) is 15.4. The summed E-state index contributed by atoms with van der Waals surface area (Å²) in [4.78, 5) is 12.3. The highest BCUT2D eigenvalue weighted by molar-refractivity contribution is 5.97. The smallest absolute Gasteiger partial charge is 0.255 e. The Morgan fingerprint density at radius 2 is 1.95 bits per heavy atom. The minimum Gasteiger partial charge on any atom is -0.488 e. The van der Waals surface area contributed by atoms with Crippen LogP contribution in [0.25, 0.3) is 0 Å². The molecule has 0 aliphatic heterocycles. The van der Waals surface area contributed by atoms with Gasteiger partial charge in [-0.3, -0.25) is 4.79 Å². The summed E-state index contributed by atoms with van der Waals surface area (Å²) in [5, 5.41) is 2.96. The number of anilines is 1. The predicted octanol–water partition coefficient (Wildman–Crippen LogP) is 2.99. The Labute approximate surface area is 130 Å². The minimum absolute atomic E-state index is 0.102. The van der Waals surface area contributed by atoms with Crippen molar-refractivity contribution in [3.05, 3.63) is 59.7 Å². The van der Waals surface area contributed by atoms with E-state index in [0.29, 0.717) is 29.5 Å². The molecule has 0 bridgehead atoms. The molecule has 0 unspecified atom stereocenters. The molecule has 0 saturated heterocycles. The maximum Gasteiger partial charge on any atom is 0.255 e. The number of hydrogen-bond acceptors (Lipinski definition) is 3. The largest absolute Gasteiger partial charge is 0.488 e. The van der Waals surface area contributed by atoms with Crippen molar-refractivity contribution >= 4 is 11.6 Å². The van der Waals surface area contributed by atoms with E-state index in [9.17, 15) is 4.79 Å². The van der Waals surface area contributed by atoms with Gasteiger partial charge < -0.3 is 15.8 Å². The molecule has 0 heterocycles. The van der Waals surface area contributed by atoms with Crippen LogP contribution in [0.5, 0.6) is 5.75 Å². The van der Waals surface area contributed by atoms with E-state index in [1.54, 1.807) is 18.2 Å². The number of carbonyl (C=O) groups excluding carboxylic acids is 1. The molecule has 22 heavy (non-hydrogen) atoms. The van der Waals surface area contributed by atoms with Gasteiger partial charge in [0.15, 0.2) is 0 Å². The summed E-state index contributed by atoms with van der Waals surface area (Å²) in [5.41, 5.74) is 7.99. The monoisotopic (exact) mass is 296 g/mol. The average Bonchev–Trinajstić information content (AvgIpc) is 3.36. The van der Waals surface area contributed by atoms with E-state index in [1.165, 1.54) is 12.8 Å². The van der Waals surface area contributed by atoms with E-state index in [1.807, 2.05) is 30.3 Å². The van der Waals surface area contributed by atoms with Gasteiger partial charge >= 0.3 is 0 Å². The van der Waals surface area contributed by atoms with Crippen LogP contribution in [-0.4, -0.2) is 12.5 Å². The first-order chi connectivity index (χ1) is 10.7. The summed E-state index contributed by atoms with van der Waals surface area (Å²) in [6, 6.07) is 15.0. The number of rotatable bonds is 6. The third-order valence-corrected chi connectivity index (χ3v) is 3.74. The number of amides is 1. The van der Waals surface area contributed by atoms with Crippen LogP contribution in [0.15, 0.2) is 48.5 Å². The van der Waals surface area contributed by atoms with Crippen LogP contribution < -0.4 is 15.8 Å². The molecule has 3 rings (SSSR count). The average molecular weight is 296 g/mol. The SMILES string of the molecule is Nc1ccc(C(=O)NCC2CC2)c(OCc2ccccc2)c1. The molecule has 114 valence electrons. The lowest BCUT2D eigenvalue weighted by Crippen LogP contribution is -2.26. The van der Waals surface area contributed by atoms with Crippen molar-refractivity contribution in [3.8, 4) is 5.75 Å². The van der Waals surface area contributed by atoms with Crippen LogP contribution >= 0.6 is 0 Å². The van der Waals surface area contributed by atoms with Gasteiger partial charge in [-0.05, 0) is 36.5 Å². The van der Waals surface area contributed by atoms with Gasteiger partial charge in [0.1, 0.15) is 12.4 Å². The van der Waals surface area contributed by atoms with Crippen LogP contribution in [0.2, 0.25) is 0 Å². The van der Waals surface area contributed by atoms with Crippen LogP contribution in [0.3, 0.4) is 0 Å². The van der Waals surface area contributed by atoms with Crippen LogP contribution in [0.1, 0.15) is 28.8 Å². The zero-order valence-corrected chi connectivity index (χ0v) is 12.4. The molecule has 3 N–H and O–H groups in total. The lowest BCUT2D eigenvalue weighted by atomic mass is 10.1. The Morgan fingerprint density at radius 1 is 1.18 bits per heavy atom. The van der Waals surface area contributed by atoms with Crippen molar-refractivity contribution in [3.63, 3.8) is 0 Å². The lowest BCUT2D eigenvalue weighted by molar-refractivity contribution is 0.0947. The van der Waals surface area contributed by atoms with Crippen LogP contribution in [0.4, 0.5) is 5.69 Å². The van der Waals surface area contributed by atoms with Crippen molar-refractivity contribution in [2.24, 2.45) is 5.92 Å². The molecule has 0 radical (unpaired) electrons. The molecule has 1 fully saturated rings. The summed E-state index contributed by atoms with van der Waals surface area (Å²) in [5.74, 6) is 1.07. The van der Waals surface area contributed by atoms with E-state index in [-0.39, 0.29) is 5.91 Å². The maximum atomic E-state index is 12.3. The van der Waals surface area contributed by atoms with Crippen molar-refractivity contribution in [2.45, 2.75) is 19.4 Å². The van der Waals surface area contributed by atoms with Gasteiger partial charge in [-0.25, -0.2) is 0 Å². The lowest BCUT2D eigenvalue weighted by Gasteiger charge is -2.12. The van der Waals surface area contributed by atoms with Crippen LogP contribution in [-0.2, 0) is 6.61 Å². The van der Waals surface area contributed by atoms with Gasteiger partial charge in [0, 0.05) is 18.3 Å². The Kier molecular flexibility index (Phi) is 4.28.